The van der Waals surface area contributed by atoms with Gasteiger partial charge in [-0.1, -0.05) is 48.5 Å². The summed E-state index contributed by atoms with van der Waals surface area (Å²) in [5.41, 5.74) is 10.4. The zero-order valence-corrected chi connectivity index (χ0v) is 34.8. The smallest absolute Gasteiger partial charge is 0.211 e. The summed E-state index contributed by atoms with van der Waals surface area (Å²) in [6, 6.07) is 49.4. The molecule has 6 bridgehead atoms. The monoisotopic (exact) mass is 846 g/mol. The predicted molar refractivity (Wildman–Crippen MR) is 252 cm³/mol. The lowest BCUT2D eigenvalue weighted by atomic mass is 9.61. The van der Waals surface area contributed by atoms with Crippen LogP contribution in [0.2, 0.25) is 0 Å². The highest BCUT2D eigenvalue weighted by atomic mass is 16.2. The quantitative estimate of drug-likeness (QED) is 0.111. The van der Waals surface area contributed by atoms with Gasteiger partial charge in [-0.3, -0.25) is 28.8 Å². The van der Waals surface area contributed by atoms with Crippen LogP contribution in [-0.2, 0) is 28.8 Å². The van der Waals surface area contributed by atoms with Crippen molar-refractivity contribution in [1.29, 1.82) is 0 Å². The fourth-order valence-corrected chi connectivity index (χ4v) is 13.4. The van der Waals surface area contributed by atoms with Gasteiger partial charge in [-0.2, -0.15) is 0 Å². The van der Waals surface area contributed by atoms with Gasteiger partial charge in [-0.15, -0.1) is 0 Å². The number of fused-ring (bicyclic) bond motifs is 9. The van der Waals surface area contributed by atoms with Crippen molar-refractivity contribution in [2.24, 2.45) is 0 Å². The summed E-state index contributed by atoms with van der Waals surface area (Å²) in [5.74, 6) is -6.39. The molecule has 66 heavy (non-hydrogen) atoms. The highest BCUT2D eigenvalue weighted by Gasteiger charge is 2.52. The number of rotatable bonds is 0. The van der Waals surface area contributed by atoms with Gasteiger partial charge in [0.2, 0.25) is 34.7 Å². The number of benzene rings is 10. The van der Waals surface area contributed by atoms with Gasteiger partial charge in [-0.25, -0.2) is 0 Å². The maximum Gasteiger partial charge on any atom is 0.211 e. The average molecular weight is 847 g/mol. The molecule has 4 atom stereocenters. The summed E-state index contributed by atoms with van der Waals surface area (Å²) in [5, 5.41) is 11.6. The Labute approximate surface area is 374 Å². The first kappa shape index (κ1) is 35.2. The Morgan fingerprint density at radius 3 is 0.470 bits per heavy atom. The molecular formula is C60H30O6. The summed E-state index contributed by atoms with van der Waals surface area (Å²) in [4.78, 5) is 82.9. The van der Waals surface area contributed by atoms with E-state index in [-0.39, 0.29) is 23.1 Å². The number of Topliss-reactive ketones (excluding diaryl/α,β-unsaturated/α-hetero) is 6. The van der Waals surface area contributed by atoms with Crippen LogP contribution in [0.4, 0.5) is 0 Å². The lowest BCUT2D eigenvalue weighted by Gasteiger charge is -2.39. The molecule has 0 saturated carbocycles. The summed E-state index contributed by atoms with van der Waals surface area (Å²) in [7, 11) is 0. The summed E-state index contributed by atoms with van der Waals surface area (Å²) >= 11 is 0. The van der Waals surface area contributed by atoms with Crippen LogP contribution in [0.1, 0.15) is 102 Å². The molecule has 306 valence electrons. The second-order valence-corrected chi connectivity index (χ2v) is 19.5. The van der Waals surface area contributed by atoms with Gasteiger partial charge in [0, 0.05) is 0 Å². The molecule has 4 unspecified atom stereocenters. The minimum Gasteiger partial charge on any atom is -0.290 e. The zero-order valence-electron chi connectivity index (χ0n) is 34.8. The first-order chi connectivity index (χ1) is 32.2. The molecule has 6 heteroatoms. The van der Waals surface area contributed by atoms with Crippen LogP contribution in [0.3, 0.4) is 0 Å². The summed E-state index contributed by atoms with van der Waals surface area (Å²) < 4.78 is 0. The van der Waals surface area contributed by atoms with E-state index in [0.29, 0.717) is 0 Å². The van der Waals surface area contributed by atoms with E-state index in [1.54, 1.807) is 0 Å². The zero-order chi connectivity index (χ0) is 43.8. The molecule has 0 saturated heterocycles. The van der Waals surface area contributed by atoms with Gasteiger partial charge in [0.1, 0.15) is 0 Å². The molecule has 0 heterocycles. The topological polar surface area (TPSA) is 102 Å². The fraction of sp³-hybridized carbons (Fsp3) is 0.100. The van der Waals surface area contributed by atoms with E-state index in [0.717, 1.165) is 131 Å². The van der Waals surface area contributed by atoms with E-state index >= 15 is 0 Å². The van der Waals surface area contributed by atoms with Gasteiger partial charge in [0.15, 0.2) is 0 Å². The van der Waals surface area contributed by atoms with E-state index in [1.807, 2.05) is 48.5 Å². The van der Waals surface area contributed by atoms with Gasteiger partial charge >= 0.3 is 0 Å². The third-order valence-corrected chi connectivity index (χ3v) is 16.3. The molecule has 19 rings (SSSR count). The first-order valence-corrected chi connectivity index (χ1v) is 22.6. The fourth-order valence-electron chi connectivity index (χ4n) is 13.4. The minimum absolute atomic E-state index is 0.361. The van der Waals surface area contributed by atoms with Crippen LogP contribution in [-0.4, -0.2) is 34.7 Å². The number of carbonyl (C=O) groups excluding carboxylic acids is 6. The molecule has 9 aliphatic carbocycles. The van der Waals surface area contributed by atoms with Crippen LogP contribution >= 0.6 is 0 Å². The second-order valence-electron chi connectivity index (χ2n) is 19.5. The molecule has 0 amide bonds. The average Bonchev–Trinajstić information content (AvgIpc) is 3.32. The van der Waals surface area contributed by atoms with E-state index in [2.05, 4.69) is 97.1 Å². The first-order valence-electron chi connectivity index (χ1n) is 22.6. The van der Waals surface area contributed by atoms with Crippen molar-refractivity contribution in [3.05, 3.63) is 212 Å². The van der Waals surface area contributed by atoms with Gasteiger partial charge in [0.05, 0.1) is 35.5 Å². The van der Waals surface area contributed by atoms with Gasteiger partial charge in [0.25, 0.3) is 0 Å². The second kappa shape index (κ2) is 11.5. The predicted octanol–water partition coefficient (Wildman–Crippen LogP) is 10.8. The third kappa shape index (κ3) is 4.11. The molecule has 6 nitrogen and oxygen atoms in total. The molecule has 9 aliphatic rings. The van der Waals surface area contributed by atoms with E-state index in [4.69, 9.17) is 0 Å². The third-order valence-electron chi connectivity index (χ3n) is 16.3. The van der Waals surface area contributed by atoms with E-state index < -0.39 is 47.1 Å². The Morgan fingerprint density at radius 1 is 0.182 bits per heavy atom. The normalized spacial score (nSPS) is 22.7. The summed E-state index contributed by atoms with van der Waals surface area (Å²) in [6.45, 7) is 0. The molecule has 0 radical (unpaired) electrons. The van der Waals surface area contributed by atoms with Crippen molar-refractivity contribution in [2.75, 3.05) is 0 Å². The van der Waals surface area contributed by atoms with Gasteiger partial charge in [-0.05, 0) is 228 Å². The van der Waals surface area contributed by atoms with Crippen molar-refractivity contribution in [3.63, 3.8) is 0 Å². The molecule has 10 aromatic rings. The van der Waals surface area contributed by atoms with E-state index in [1.165, 1.54) is 0 Å². The molecule has 0 fully saturated rings. The molecule has 10 aromatic carbocycles. The number of hydrogen-bond acceptors (Lipinski definition) is 6. The van der Waals surface area contributed by atoms with E-state index in [9.17, 15) is 28.8 Å². The Bertz CT molecular complexity index is 3700. The number of hydrogen-bond donors (Lipinski definition) is 0. The minimum atomic E-state index is -0.754. The van der Waals surface area contributed by atoms with Crippen molar-refractivity contribution in [3.8, 4) is 0 Å². The van der Waals surface area contributed by atoms with Crippen molar-refractivity contribution < 1.29 is 28.8 Å². The van der Waals surface area contributed by atoms with Crippen LogP contribution in [0, 0.1) is 0 Å². The largest absolute Gasteiger partial charge is 0.290 e. The van der Waals surface area contributed by atoms with Gasteiger partial charge < -0.3 is 0 Å². The van der Waals surface area contributed by atoms with Crippen LogP contribution < -0.4 is 0 Å². The highest BCUT2D eigenvalue weighted by Crippen LogP contribution is 2.55. The Hall–Kier alpha value is -8.22. The molecule has 0 aliphatic heterocycles. The highest BCUT2D eigenvalue weighted by molar-refractivity contribution is 6.47. The maximum atomic E-state index is 14.1. The lowest BCUT2D eigenvalue weighted by molar-refractivity contribution is -0.138. The van der Waals surface area contributed by atoms with Crippen molar-refractivity contribution >= 4 is 99.3 Å². The molecule has 0 aromatic heterocycles. The molecule has 0 N–H and O–H groups in total. The Kier molecular flexibility index (Phi) is 6.14. The van der Waals surface area contributed by atoms with Crippen molar-refractivity contribution in [1.82, 2.24) is 0 Å². The Morgan fingerprint density at radius 2 is 0.318 bits per heavy atom. The maximum absolute atomic E-state index is 14.1. The standard InChI is InChI=1S/C60H30O6/c61-55-49-37-13-25-5-1-2-6-26(25)14-38(37)50(56(55)62)42-18-30-10-34-22-46-45(21-33(34)9-29(30)17-41(42)49)53-47-23-35-11-31-19-43-44(20-32(31)12-36(35)24-48(47)54(46)60(66)59(53)65)52-40-16-28-8-4-3-7-27(28)15-39(40)51(43)57(63)58(52)64/h1-24,49-54H. The number of ketones is 6. The Balaban J connectivity index is 0.839. The molecular weight excluding hydrogens is 817 g/mol. The van der Waals surface area contributed by atoms with Crippen LogP contribution in [0.5, 0.6) is 0 Å². The van der Waals surface area contributed by atoms with Crippen LogP contribution in [0.15, 0.2) is 146 Å². The summed E-state index contributed by atoms with van der Waals surface area (Å²) in [6.07, 6.45) is 0. The van der Waals surface area contributed by atoms with Crippen LogP contribution in [0.25, 0.3) is 64.6 Å². The van der Waals surface area contributed by atoms with Crippen molar-refractivity contribution in [2.45, 2.75) is 35.5 Å². The SMILES string of the molecule is O=C1C(=O)C2c3cc4ccccc4cc3C1c1cc3cc4cc5c(cc4cc3cc12)C1C(=O)C(=O)C5c2cc3cc4cc5c(cc4cc3cc21)C1C(=O)C(=O)C5c2cc3ccccc3cc21. The number of carbonyl (C=O) groups is 6. The molecule has 0 spiro atoms. The lowest BCUT2D eigenvalue weighted by Crippen LogP contribution is -2.40.